The van der Waals surface area contributed by atoms with E-state index < -0.39 is 62.8 Å². The van der Waals surface area contributed by atoms with Gasteiger partial charge in [-0.1, -0.05) is 64.0 Å². The van der Waals surface area contributed by atoms with Crippen LogP contribution < -0.4 is 16.2 Å². The first kappa shape index (κ1) is 46.0. The standard InChI is InChI=1S/C37H49N3O13S4/c1-36(2)32-25-27(57(51,52)53)17-19-33(32)40(21-11-23-55(45,46)47)34(36)14-7-4-6-13-30-28(12-10-22-54(42,43)44)29-18-16-26(56(48,49)50)24-31(29)37(30,3)20-9-5-8-15-35(41)39-38/h4,6-7,13-14,16-19,24-25H,5,8-12,15,20-23,38H2,1-3H3,(H,39,41)(H,42,43,44)(H,45,46,47)(H,48,49,50)(H,51,52,53)/b7-4+,13-6+,34-14-. The van der Waals surface area contributed by atoms with Crippen LogP contribution in [0.25, 0.3) is 5.57 Å². The molecule has 20 heteroatoms. The third-order valence-electron chi connectivity index (χ3n) is 10.4. The van der Waals surface area contributed by atoms with E-state index in [1.165, 1.54) is 30.3 Å². The van der Waals surface area contributed by atoms with E-state index >= 15 is 0 Å². The number of hydrazine groups is 1. The Bertz CT molecular complexity index is 2450. The molecule has 0 fully saturated rings. The summed E-state index contributed by atoms with van der Waals surface area (Å²) in [6, 6.07) is 8.36. The number of carbonyl (C=O) groups excluding carboxylic acids is 1. The Balaban J connectivity index is 1.76. The lowest BCUT2D eigenvalue weighted by atomic mass is 9.74. The number of nitrogens with two attached hydrogens (primary N) is 1. The van der Waals surface area contributed by atoms with Crippen LogP contribution in [0.1, 0.15) is 88.8 Å². The lowest BCUT2D eigenvalue weighted by molar-refractivity contribution is -0.121. The number of hydrogen-bond acceptors (Lipinski definition) is 11. The molecule has 0 radical (unpaired) electrons. The molecule has 2 aliphatic rings. The second kappa shape index (κ2) is 17.6. The molecule has 2 aromatic carbocycles. The highest BCUT2D eigenvalue weighted by molar-refractivity contribution is 7.86. The number of nitrogens with zero attached hydrogens (tertiary/aromatic N) is 1. The van der Waals surface area contributed by atoms with Gasteiger partial charge in [-0.3, -0.25) is 28.4 Å². The van der Waals surface area contributed by atoms with Crippen molar-refractivity contribution in [1.29, 1.82) is 0 Å². The number of hydrogen-bond donors (Lipinski definition) is 6. The number of nitrogens with one attached hydrogen (secondary N) is 1. The van der Waals surface area contributed by atoms with Crippen LogP contribution in [0.4, 0.5) is 5.69 Å². The van der Waals surface area contributed by atoms with E-state index in [0.29, 0.717) is 53.8 Å². The lowest BCUT2D eigenvalue weighted by Crippen LogP contribution is -2.29. The zero-order valence-corrected chi connectivity index (χ0v) is 35.0. The maximum Gasteiger partial charge on any atom is 0.294 e. The number of amides is 1. The number of allylic oxidation sites excluding steroid dienone is 8. The van der Waals surface area contributed by atoms with Crippen LogP contribution in [0.5, 0.6) is 0 Å². The van der Waals surface area contributed by atoms with E-state index in [9.17, 15) is 56.7 Å². The number of fused-ring (bicyclic) bond motifs is 2. The molecule has 0 bridgehead atoms. The largest absolute Gasteiger partial charge is 0.344 e. The van der Waals surface area contributed by atoms with Crippen LogP contribution in [-0.4, -0.2) is 75.8 Å². The van der Waals surface area contributed by atoms with Gasteiger partial charge in [0, 0.05) is 35.2 Å². The van der Waals surface area contributed by atoms with E-state index in [1.54, 1.807) is 30.4 Å². The molecule has 57 heavy (non-hydrogen) atoms. The van der Waals surface area contributed by atoms with Crippen molar-refractivity contribution in [3.8, 4) is 0 Å². The summed E-state index contributed by atoms with van der Waals surface area (Å²) < 4.78 is 133. The second-order valence-electron chi connectivity index (χ2n) is 14.8. The topological polar surface area (TPSA) is 276 Å². The highest BCUT2D eigenvalue weighted by atomic mass is 32.2. The minimum atomic E-state index is -4.59. The monoisotopic (exact) mass is 871 g/mol. The van der Waals surface area contributed by atoms with Crippen LogP contribution in [-0.2, 0) is 56.1 Å². The number of unbranched alkanes of at least 4 members (excludes halogenated alkanes) is 2. The molecule has 1 aliphatic heterocycles. The highest BCUT2D eigenvalue weighted by Gasteiger charge is 2.42. The second-order valence-corrected chi connectivity index (χ2v) is 20.8. The van der Waals surface area contributed by atoms with Crippen LogP contribution in [0, 0.1) is 0 Å². The molecule has 1 amide bonds. The van der Waals surface area contributed by atoms with Crippen molar-refractivity contribution in [1.82, 2.24) is 5.43 Å². The summed E-state index contributed by atoms with van der Waals surface area (Å²) in [5.41, 5.74) is 4.95. The number of anilines is 1. The molecule has 314 valence electrons. The van der Waals surface area contributed by atoms with Gasteiger partial charge in [0.1, 0.15) is 0 Å². The van der Waals surface area contributed by atoms with Gasteiger partial charge in [0.15, 0.2) is 0 Å². The molecule has 1 atom stereocenters. The third kappa shape index (κ3) is 11.5. The first-order valence-electron chi connectivity index (χ1n) is 18.0. The molecule has 0 saturated heterocycles. The van der Waals surface area contributed by atoms with Crippen molar-refractivity contribution in [3.05, 3.63) is 94.7 Å². The Hall–Kier alpha value is -3.73. The van der Waals surface area contributed by atoms with Gasteiger partial charge >= 0.3 is 0 Å². The van der Waals surface area contributed by atoms with E-state index in [0.717, 1.165) is 11.1 Å². The summed E-state index contributed by atoms with van der Waals surface area (Å²) in [6.07, 6.45) is 11.5. The molecule has 7 N–H and O–H groups in total. The molecule has 0 aromatic heterocycles. The molecular weight excluding hydrogens is 823 g/mol. The van der Waals surface area contributed by atoms with E-state index in [4.69, 9.17) is 5.84 Å². The van der Waals surface area contributed by atoms with Gasteiger partial charge in [-0.2, -0.15) is 33.7 Å². The molecule has 1 heterocycles. The Labute approximate surface area is 334 Å². The molecular formula is C37H49N3O13S4. The van der Waals surface area contributed by atoms with Gasteiger partial charge in [0.25, 0.3) is 40.5 Å². The first-order valence-corrected chi connectivity index (χ1v) is 24.1. The first-order chi connectivity index (χ1) is 26.3. The molecule has 4 rings (SSSR count). The molecule has 0 spiro atoms. The minimum absolute atomic E-state index is 0.0442. The van der Waals surface area contributed by atoms with E-state index in [-0.39, 0.29) is 47.9 Å². The van der Waals surface area contributed by atoms with Gasteiger partial charge < -0.3 is 4.90 Å². The number of rotatable bonds is 19. The Morgan fingerprint density at radius 1 is 0.754 bits per heavy atom. The minimum Gasteiger partial charge on any atom is -0.344 e. The normalized spacial score (nSPS) is 19.2. The van der Waals surface area contributed by atoms with Gasteiger partial charge in [-0.15, -0.1) is 0 Å². The fraction of sp³-hybridized carbons (Fsp3) is 0.432. The SMILES string of the molecule is CC1(CCCCCC(=O)NN)C(/C=C/C=C/C=C2\N(CCCS(=O)(=O)O)c3ccc(S(=O)(=O)O)cc3C2(C)C)=C(CCCS(=O)(=O)O)c2ccc(S(=O)(=O)O)cc21. The average molecular weight is 872 g/mol. The number of carbonyl (C=O) groups is 1. The quantitative estimate of drug-likeness (QED) is 0.0274. The fourth-order valence-corrected chi connectivity index (χ4v) is 9.63. The maximum atomic E-state index is 12.2. The summed E-state index contributed by atoms with van der Waals surface area (Å²) in [7, 11) is -17.7. The van der Waals surface area contributed by atoms with Crippen molar-refractivity contribution in [2.24, 2.45) is 5.84 Å². The Kier molecular flexibility index (Phi) is 14.2. The predicted octanol–water partition coefficient (Wildman–Crippen LogP) is 4.89. The smallest absolute Gasteiger partial charge is 0.294 e. The zero-order valence-electron chi connectivity index (χ0n) is 31.7. The van der Waals surface area contributed by atoms with Crippen LogP contribution >= 0.6 is 0 Å². The van der Waals surface area contributed by atoms with Crippen LogP contribution in [0.3, 0.4) is 0 Å². The zero-order chi connectivity index (χ0) is 42.6. The maximum absolute atomic E-state index is 12.2. The lowest BCUT2D eigenvalue weighted by Gasteiger charge is -2.29. The van der Waals surface area contributed by atoms with Crippen molar-refractivity contribution >= 4 is 57.6 Å². The van der Waals surface area contributed by atoms with Crippen LogP contribution in [0.15, 0.2) is 87.8 Å². The molecule has 16 nitrogen and oxygen atoms in total. The van der Waals surface area contributed by atoms with Crippen molar-refractivity contribution < 1.29 is 56.7 Å². The predicted molar refractivity (Wildman–Crippen MR) is 216 cm³/mol. The van der Waals surface area contributed by atoms with Crippen molar-refractivity contribution in [2.75, 3.05) is 23.0 Å². The van der Waals surface area contributed by atoms with Gasteiger partial charge in [0.2, 0.25) is 5.91 Å². The third-order valence-corrected chi connectivity index (χ3v) is 13.7. The summed E-state index contributed by atoms with van der Waals surface area (Å²) in [4.78, 5) is 12.9. The average Bonchev–Trinajstić information content (AvgIpc) is 3.44. The molecule has 2 aromatic rings. The van der Waals surface area contributed by atoms with Crippen molar-refractivity contribution in [2.45, 2.75) is 92.8 Å². The summed E-state index contributed by atoms with van der Waals surface area (Å²) in [6.45, 7) is 5.74. The Morgan fingerprint density at radius 2 is 1.35 bits per heavy atom. The Morgan fingerprint density at radius 3 is 1.95 bits per heavy atom. The van der Waals surface area contributed by atoms with Gasteiger partial charge in [0.05, 0.1) is 21.3 Å². The summed E-state index contributed by atoms with van der Waals surface area (Å²) in [5.74, 6) is 3.87. The van der Waals surface area contributed by atoms with Crippen molar-refractivity contribution in [3.63, 3.8) is 0 Å². The molecule has 0 saturated carbocycles. The number of benzene rings is 2. The van der Waals surface area contributed by atoms with E-state index in [1.807, 2.05) is 31.7 Å². The molecule has 1 aliphatic carbocycles. The highest BCUT2D eigenvalue weighted by Crippen LogP contribution is 2.52. The van der Waals surface area contributed by atoms with Gasteiger partial charge in [-0.25, -0.2) is 5.84 Å². The van der Waals surface area contributed by atoms with E-state index in [2.05, 4.69) is 5.43 Å². The summed E-state index contributed by atoms with van der Waals surface area (Å²) in [5, 5.41) is 0. The van der Waals surface area contributed by atoms with Gasteiger partial charge in [-0.05, 0) is 96.3 Å². The summed E-state index contributed by atoms with van der Waals surface area (Å²) >= 11 is 0. The molecule has 1 unspecified atom stereocenters. The fourth-order valence-electron chi connectivity index (χ4n) is 7.62. The van der Waals surface area contributed by atoms with Crippen LogP contribution in [0.2, 0.25) is 0 Å².